The van der Waals surface area contributed by atoms with Crippen LogP contribution in [0, 0.1) is 0 Å². The molecule has 5 rings (SSSR count). The number of hydrogen-bond donors (Lipinski definition) is 3. The van der Waals surface area contributed by atoms with Gasteiger partial charge >= 0.3 is 12.1 Å². The van der Waals surface area contributed by atoms with Crippen molar-refractivity contribution in [2.75, 3.05) is 56.4 Å². The van der Waals surface area contributed by atoms with Crippen LogP contribution in [0.15, 0.2) is 30.5 Å². The normalized spacial score (nSPS) is 18.3. The van der Waals surface area contributed by atoms with Gasteiger partial charge in [-0.2, -0.15) is 13.2 Å². The van der Waals surface area contributed by atoms with Crippen molar-refractivity contribution < 1.29 is 23.1 Å². The molecule has 38 heavy (non-hydrogen) atoms. The van der Waals surface area contributed by atoms with E-state index in [4.69, 9.17) is 15.6 Å². The van der Waals surface area contributed by atoms with E-state index >= 15 is 0 Å². The number of thiazole rings is 1. The molecule has 2 aliphatic rings. The first-order valence-corrected chi connectivity index (χ1v) is 13.8. The summed E-state index contributed by atoms with van der Waals surface area (Å²) < 4.78 is 31.7. The van der Waals surface area contributed by atoms with Crippen LogP contribution >= 0.6 is 11.3 Å². The first-order valence-electron chi connectivity index (χ1n) is 13.0. The molecule has 0 radical (unpaired) electrons. The van der Waals surface area contributed by atoms with Gasteiger partial charge in [-0.25, -0.2) is 9.78 Å². The van der Waals surface area contributed by atoms with Crippen molar-refractivity contribution in [3.63, 3.8) is 0 Å². The van der Waals surface area contributed by atoms with Gasteiger partial charge in [0.2, 0.25) is 0 Å². The highest BCUT2D eigenvalue weighted by molar-refractivity contribution is 7.15. The molecule has 0 bridgehead atoms. The molecule has 1 aliphatic heterocycles. The second-order valence-corrected chi connectivity index (χ2v) is 10.9. The molecule has 1 aliphatic carbocycles. The molecule has 0 amide bonds. The third-order valence-electron chi connectivity index (χ3n) is 7.18. The molecule has 12 heteroatoms. The van der Waals surface area contributed by atoms with Crippen molar-refractivity contribution in [1.82, 2.24) is 19.8 Å². The van der Waals surface area contributed by atoms with E-state index < -0.39 is 12.1 Å². The smallest absolute Gasteiger partial charge is 0.475 e. The molecule has 0 saturated carbocycles. The molecule has 2 aromatic heterocycles. The lowest BCUT2D eigenvalue weighted by atomic mass is 9.96. The number of nitrogens with two attached hydrogens (primary N) is 1. The van der Waals surface area contributed by atoms with E-state index in [9.17, 15) is 13.2 Å². The van der Waals surface area contributed by atoms with E-state index in [1.54, 1.807) is 11.3 Å². The molecule has 0 unspecified atom stereocenters. The number of H-pyrrole nitrogens is 1. The molecule has 0 spiro atoms. The zero-order valence-electron chi connectivity index (χ0n) is 21.5. The van der Waals surface area contributed by atoms with Crippen molar-refractivity contribution in [2.24, 2.45) is 0 Å². The summed E-state index contributed by atoms with van der Waals surface area (Å²) in [6, 6.07) is 9.56. The molecule has 208 valence electrons. The minimum absolute atomic E-state index is 0.640. The summed E-state index contributed by atoms with van der Waals surface area (Å²) in [4.78, 5) is 26.0. The summed E-state index contributed by atoms with van der Waals surface area (Å²) >= 11 is 1.70. The number of aryl methyl sites for hydroxylation is 1. The summed E-state index contributed by atoms with van der Waals surface area (Å²) in [6.45, 7) is 10.3. The molecule has 4 N–H and O–H groups in total. The van der Waals surface area contributed by atoms with Crippen LogP contribution < -0.4 is 10.6 Å². The highest BCUT2D eigenvalue weighted by Crippen LogP contribution is 2.30. The highest BCUT2D eigenvalue weighted by Gasteiger charge is 2.38. The number of carbonyl (C=O) groups is 1. The monoisotopic (exact) mass is 552 g/mol. The lowest BCUT2D eigenvalue weighted by Gasteiger charge is -2.39. The minimum atomic E-state index is -5.08. The maximum Gasteiger partial charge on any atom is 0.490 e. The lowest BCUT2D eigenvalue weighted by molar-refractivity contribution is -0.192. The number of nitrogens with one attached hydrogen (secondary N) is 1. The van der Waals surface area contributed by atoms with Gasteiger partial charge < -0.3 is 20.7 Å². The van der Waals surface area contributed by atoms with Gasteiger partial charge in [-0.3, -0.25) is 9.80 Å². The number of aliphatic carboxylic acids is 1. The largest absolute Gasteiger partial charge is 0.490 e. The van der Waals surface area contributed by atoms with E-state index in [2.05, 4.69) is 55.9 Å². The molecule has 1 aromatic carbocycles. The van der Waals surface area contributed by atoms with Crippen molar-refractivity contribution in [2.45, 2.75) is 44.8 Å². The second kappa shape index (κ2) is 12.4. The fourth-order valence-corrected chi connectivity index (χ4v) is 6.14. The van der Waals surface area contributed by atoms with Crippen LogP contribution in [0.25, 0.3) is 10.9 Å². The lowest BCUT2D eigenvalue weighted by Crippen LogP contribution is -2.50. The number of hydrogen-bond acceptors (Lipinski definition) is 7. The summed E-state index contributed by atoms with van der Waals surface area (Å²) in [7, 11) is 0. The Bertz CT molecular complexity index is 1210. The van der Waals surface area contributed by atoms with E-state index in [1.807, 2.05) is 6.20 Å². The van der Waals surface area contributed by atoms with Gasteiger partial charge in [0.05, 0.1) is 5.69 Å². The fourth-order valence-electron chi connectivity index (χ4n) is 5.19. The number of nitrogens with zero attached hydrogens (tertiary/aromatic N) is 4. The summed E-state index contributed by atoms with van der Waals surface area (Å²) in [5.74, 6) is -2.76. The van der Waals surface area contributed by atoms with Crippen LogP contribution in [0.1, 0.15) is 30.3 Å². The van der Waals surface area contributed by atoms with Gasteiger partial charge in [-0.05, 0) is 56.5 Å². The summed E-state index contributed by atoms with van der Waals surface area (Å²) in [5.41, 5.74) is 9.77. The number of aromatic nitrogens is 2. The van der Waals surface area contributed by atoms with Gasteiger partial charge in [0.1, 0.15) is 0 Å². The molecular weight excluding hydrogens is 517 g/mol. The number of carboxylic acids is 1. The molecule has 8 nitrogen and oxygen atoms in total. The van der Waals surface area contributed by atoms with E-state index in [0.717, 1.165) is 50.7 Å². The number of benzene rings is 1. The number of halogens is 3. The third kappa shape index (κ3) is 7.17. The number of aromatic amines is 1. The number of rotatable bonds is 7. The van der Waals surface area contributed by atoms with Gasteiger partial charge in [0.25, 0.3) is 0 Å². The zero-order chi connectivity index (χ0) is 27.3. The van der Waals surface area contributed by atoms with Gasteiger partial charge in [0.15, 0.2) is 5.13 Å². The molecule has 1 saturated heterocycles. The number of fused-ring (bicyclic) bond motifs is 2. The number of carboxylic acid groups (broad SMARTS) is 1. The quantitative estimate of drug-likeness (QED) is 0.403. The average molecular weight is 553 g/mol. The number of nitrogen functional groups attached to an aromatic ring is 1. The Morgan fingerprint density at radius 2 is 1.97 bits per heavy atom. The Morgan fingerprint density at radius 3 is 2.66 bits per heavy atom. The van der Waals surface area contributed by atoms with E-state index in [1.165, 1.54) is 53.1 Å². The first kappa shape index (κ1) is 28.2. The predicted molar refractivity (Wildman–Crippen MR) is 145 cm³/mol. The molecular formula is C26H35F3N6O2S. The fraction of sp³-hybridized carbons (Fsp3) is 0.538. The van der Waals surface area contributed by atoms with Crippen molar-refractivity contribution in [1.29, 1.82) is 0 Å². The van der Waals surface area contributed by atoms with E-state index in [-0.39, 0.29) is 0 Å². The van der Waals surface area contributed by atoms with Crippen LogP contribution in [0.2, 0.25) is 0 Å². The number of alkyl halides is 3. The van der Waals surface area contributed by atoms with Crippen molar-refractivity contribution in [3.05, 3.63) is 41.0 Å². The number of piperazine rings is 1. The van der Waals surface area contributed by atoms with Crippen LogP contribution in [0.3, 0.4) is 0 Å². The van der Waals surface area contributed by atoms with Crippen LogP contribution in [-0.4, -0.2) is 88.9 Å². The summed E-state index contributed by atoms with van der Waals surface area (Å²) in [6.07, 6.45) is 1.57. The SMILES string of the molecule is CCCN(CCN1CCN(c2ccc3[nH]ccc3c2)CC1)[C@H]1CCc2nc(N)sc2C1.O=C(O)C(F)(F)F. The molecule has 3 heterocycles. The Hall–Kier alpha value is -2.83. The molecule has 3 aromatic rings. The molecule has 1 atom stereocenters. The summed E-state index contributed by atoms with van der Waals surface area (Å²) in [5, 5.41) is 9.16. The van der Waals surface area contributed by atoms with Gasteiger partial charge in [0, 0.05) is 73.0 Å². The van der Waals surface area contributed by atoms with Crippen molar-refractivity contribution in [3.8, 4) is 0 Å². The van der Waals surface area contributed by atoms with Crippen molar-refractivity contribution >= 4 is 39.0 Å². The Morgan fingerprint density at radius 1 is 1.24 bits per heavy atom. The Kier molecular flexibility index (Phi) is 9.16. The van der Waals surface area contributed by atoms with Crippen LogP contribution in [0.5, 0.6) is 0 Å². The van der Waals surface area contributed by atoms with Gasteiger partial charge in [-0.15, -0.1) is 11.3 Å². The first-order chi connectivity index (χ1) is 18.1. The Labute approximate surface area is 224 Å². The topological polar surface area (TPSA) is 102 Å². The second-order valence-electron chi connectivity index (χ2n) is 9.74. The van der Waals surface area contributed by atoms with Crippen LogP contribution in [-0.2, 0) is 17.6 Å². The molecule has 1 fully saturated rings. The average Bonchev–Trinajstić information content (AvgIpc) is 3.51. The maximum atomic E-state index is 10.6. The zero-order valence-corrected chi connectivity index (χ0v) is 22.3. The Balaban J connectivity index is 0.000000426. The standard InChI is InChI=1S/C24H34N6S.C2HF3O2/c1-2-9-29(20-4-6-22-23(17-20)31-24(25)27-22)13-10-28-11-14-30(15-12-28)19-3-5-21-18(16-19)7-8-26-21;3-2(4,5)1(6)7/h3,5,7-8,16,20,26H,2,4,6,9-15,17H2,1H3,(H2,25,27);(H,6,7)/t20-;/m0./s1. The van der Waals surface area contributed by atoms with Gasteiger partial charge in [-0.1, -0.05) is 6.92 Å². The minimum Gasteiger partial charge on any atom is -0.475 e. The number of anilines is 2. The third-order valence-corrected chi connectivity index (χ3v) is 8.13. The predicted octanol–water partition coefficient (Wildman–Crippen LogP) is 4.23. The van der Waals surface area contributed by atoms with Crippen LogP contribution in [0.4, 0.5) is 24.0 Å². The highest BCUT2D eigenvalue weighted by atomic mass is 32.1. The maximum absolute atomic E-state index is 10.6. The van der Waals surface area contributed by atoms with E-state index in [0.29, 0.717) is 6.04 Å².